The Morgan fingerprint density at radius 2 is 2.39 bits per heavy atom. The third-order valence-electron chi connectivity index (χ3n) is 2.28. The van der Waals surface area contributed by atoms with Crippen LogP contribution in [0, 0.1) is 21.4 Å². The second-order valence-corrected chi connectivity index (χ2v) is 3.58. The van der Waals surface area contributed by atoms with E-state index in [0.717, 1.165) is 0 Å². The topological polar surface area (TPSA) is 108 Å². The highest BCUT2D eigenvalue weighted by Gasteiger charge is 2.13. The van der Waals surface area contributed by atoms with Crippen LogP contribution in [0.2, 0.25) is 0 Å². The minimum Gasteiger partial charge on any atom is -0.394 e. The van der Waals surface area contributed by atoms with Crippen molar-refractivity contribution in [2.24, 2.45) is 0 Å². The number of nitrogens with one attached hydrogen (secondary N) is 1. The van der Waals surface area contributed by atoms with Gasteiger partial charge in [-0.15, -0.1) is 0 Å². The average Bonchev–Trinajstić information content (AvgIpc) is 2.38. The fraction of sp³-hybridized carbons (Fsp3) is 0.364. The lowest BCUT2D eigenvalue weighted by Gasteiger charge is -2.17. The number of benzene rings is 1. The summed E-state index contributed by atoms with van der Waals surface area (Å²) in [5, 5.41) is 31.5. The number of nitro groups is 1. The van der Waals surface area contributed by atoms with Gasteiger partial charge in [0.25, 0.3) is 5.69 Å². The van der Waals surface area contributed by atoms with Gasteiger partial charge in [0.15, 0.2) is 0 Å². The molecule has 1 aromatic rings. The number of ether oxygens (including phenoxy) is 1. The Morgan fingerprint density at radius 3 is 2.89 bits per heavy atom. The first-order valence-electron chi connectivity index (χ1n) is 5.17. The molecule has 1 rings (SSSR count). The summed E-state index contributed by atoms with van der Waals surface area (Å²) < 4.78 is 4.89. The van der Waals surface area contributed by atoms with Gasteiger partial charge in [0.2, 0.25) is 0 Å². The summed E-state index contributed by atoms with van der Waals surface area (Å²) in [5.41, 5.74) is 0.433. The van der Waals surface area contributed by atoms with Crippen molar-refractivity contribution in [1.29, 1.82) is 5.26 Å². The summed E-state index contributed by atoms with van der Waals surface area (Å²) in [6, 6.07) is 5.42. The predicted molar refractivity (Wildman–Crippen MR) is 64.2 cm³/mol. The van der Waals surface area contributed by atoms with Gasteiger partial charge >= 0.3 is 0 Å². The molecular weight excluding hydrogens is 238 g/mol. The summed E-state index contributed by atoms with van der Waals surface area (Å²) in [6.45, 7) is 0.0913. The molecule has 96 valence electrons. The molecule has 18 heavy (non-hydrogen) atoms. The maximum atomic E-state index is 10.6. The first kappa shape index (κ1) is 13.9. The second kappa shape index (κ2) is 6.54. The SMILES string of the molecule is COCC(CO)Nc1ccc([N+](=O)[O-])cc1C#N. The zero-order chi connectivity index (χ0) is 13.5. The number of hydrogen-bond acceptors (Lipinski definition) is 6. The van der Waals surface area contributed by atoms with Crippen molar-refractivity contribution in [2.75, 3.05) is 25.6 Å². The zero-order valence-electron chi connectivity index (χ0n) is 9.79. The van der Waals surface area contributed by atoms with Crippen LogP contribution in [0.3, 0.4) is 0 Å². The van der Waals surface area contributed by atoms with Gasteiger partial charge in [0.1, 0.15) is 6.07 Å². The first-order chi connectivity index (χ1) is 8.62. The highest BCUT2D eigenvalue weighted by Crippen LogP contribution is 2.21. The fourth-order valence-electron chi connectivity index (χ4n) is 1.43. The molecule has 0 aliphatic rings. The van der Waals surface area contributed by atoms with E-state index in [1.165, 1.54) is 25.3 Å². The molecule has 0 fully saturated rings. The Hall–Kier alpha value is -2.17. The van der Waals surface area contributed by atoms with Crippen LogP contribution in [-0.2, 0) is 4.74 Å². The lowest BCUT2D eigenvalue weighted by atomic mass is 10.1. The van der Waals surface area contributed by atoms with Crippen molar-refractivity contribution in [2.45, 2.75) is 6.04 Å². The van der Waals surface area contributed by atoms with Crippen molar-refractivity contribution < 1.29 is 14.8 Å². The molecule has 7 heteroatoms. The highest BCUT2D eigenvalue weighted by atomic mass is 16.6. The van der Waals surface area contributed by atoms with E-state index >= 15 is 0 Å². The summed E-state index contributed by atoms with van der Waals surface area (Å²) in [4.78, 5) is 10.0. The van der Waals surface area contributed by atoms with E-state index in [2.05, 4.69) is 5.32 Å². The number of aliphatic hydroxyl groups excluding tert-OH is 1. The molecule has 2 N–H and O–H groups in total. The van der Waals surface area contributed by atoms with Gasteiger partial charge in [-0.2, -0.15) is 5.26 Å². The Balaban J connectivity index is 2.96. The van der Waals surface area contributed by atoms with E-state index in [1.54, 1.807) is 0 Å². The van der Waals surface area contributed by atoms with Gasteiger partial charge in [-0.05, 0) is 6.07 Å². The van der Waals surface area contributed by atoms with Crippen molar-refractivity contribution in [3.8, 4) is 6.07 Å². The zero-order valence-corrected chi connectivity index (χ0v) is 9.79. The number of nitrogens with zero attached hydrogens (tertiary/aromatic N) is 2. The number of anilines is 1. The normalized spacial score (nSPS) is 11.6. The number of nitriles is 1. The third-order valence-corrected chi connectivity index (χ3v) is 2.28. The van der Waals surface area contributed by atoms with E-state index in [4.69, 9.17) is 15.1 Å². The van der Waals surface area contributed by atoms with Gasteiger partial charge in [0.05, 0.1) is 35.4 Å². The van der Waals surface area contributed by atoms with Gasteiger partial charge in [-0.3, -0.25) is 10.1 Å². The molecule has 0 aromatic heterocycles. The third kappa shape index (κ3) is 3.41. The van der Waals surface area contributed by atoms with E-state index < -0.39 is 4.92 Å². The Kier molecular flexibility index (Phi) is 5.05. The Morgan fingerprint density at radius 1 is 1.67 bits per heavy atom. The average molecular weight is 251 g/mol. The number of non-ortho nitro benzene ring substituents is 1. The standard InChI is InChI=1S/C11H13N3O4/c1-18-7-9(6-15)13-11-3-2-10(14(16)17)4-8(11)5-12/h2-4,9,13,15H,6-7H2,1H3. The van der Waals surface area contributed by atoms with Crippen LogP contribution in [0.1, 0.15) is 5.56 Å². The van der Waals surface area contributed by atoms with Crippen molar-refractivity contribution in [3.05, 3.63) is 33.9 Å². The van der Waals surface area contributed by atoms with Gasteiger partial charge in [-0.25, -0.2) is 0 Å². The lowest BCUT2D eigenvalue weighted by Crippen LogP contribution is -2.29. The maximum absolute atomic E-state index is 10.6. The highest BCUT2D eigenvalue weighted by molar-refractivity contribution is 5.61. The van der Waals surface area contributed by atoms with E-state index in [9.17, 15) is 10.1 Å². The fourth-order valence-corrected chi connectivity index (χ4v) is 1.43. The van der Waals surface area contributed by atoms with Crippen molar-refractivity contribution in [3.63, 3.8) is 0 Å². The molecule has 1 unspecified atom stereocenters. The number of hydrogen-bond donors (Lipinski definition) is 2. The second-order valence-electron chi connectivity index (χ2n) is 3.58. The van der Waals surface area contributed by atoms with Crippen LogP contribution in [0.25, 0.3) is 0 Å². The molecule has 0 saturated heterocycles. The monoisotopic (exact) mass is 251 g/mol. The quantitative estimate of drug-likeness (QED) is 0.574. The molecule has 1 atom stereocenters. The molecular formula is C11H13N3O4. The van der Waals surface area contributed by atoms with E-state index in [-0.39, 0.29) is 30.5 Å². The molecule has 7 nitrogen and oxygen atoms in total. The first-order valence-corrected chi connectivity index (χ1v) is 5.17. The summed E-state index contributed by atoms with van der Waals surface area (Å²) in [5.74, 6) is 0. The van der Waals surface area contributed by atoms with E-state index in [0.29, 0.717) is 5.69 Å². The largest absolute Gasteiger partial charge is 0.394 e. The van der Waals surface area contributed by atoms with Crippen LogP contribution in [0.15, 0.2) is 18.2 Å². The number of nitro benzene ring substituents is 1. The van der Waals surface area contributed by atoms with Crippen molar-refractivity contribution >= 4 is 11.4 Å². The summed E-state index contributed by atoms with van der Waals surface area (Å²) >= 11 is 0. The molecule has 0 aliphatic carbocycles. The number of methoxy groups -OCH3 is 1. The van der Waals surface area contributed by atoms with E-state index in [1.807, 2.05) is 6.07 Å². The molecule has 0 aliphatic heterocycles. The Bertz CT molecular complexity index is 470. The lowest BCUT2D eigenvalue weighted by molar-refractivity contribution is -0.384. The van der Waals surface area contributed by atoms with Crippen LogP contribution in [-0.4, -0.2) is 36.4 Å². The minimum absolute atomic E-state index is 0.149. The molecule has 0 bridgehead atoms. The summed E-state index contributed by atoms with van der Waals surface area (Å²) in [6.07, 6.45) is 0. The Labute approximate surface area is 104 Å². The molecule has 0 saturated carbocycles. The number of rotatable bonds is 6. The van der Waals surface area contributed by atoms with Crippen LogP contribution in [0.5, 0.6) is 0 Å². The predicted octanol–water partition coefficient (Wildman–Crippen LogP) is 0.886. The molecule has 0 amide bonds. The smallest absolute Gasteiger partial charge is 0.270 e. The summed E-state index contributed by atoms with van der Waals surface area (Å²) in [7, 11) is 1.49. The molecule has 0 radical (unpaired) electrons. The van der Waals surface area contributed by atoms with Crippen LogP contribution in [0.4, 0.5) is 11.4 Å². The van der Waals surface area contributed by atoms with Crippen LogP contribution < -0.4 is 5.32 Å². The molecule has 1 aromatic carbocycles. The maximum Gasteiger partial charge on any atom is 0.270 e. The molecule has 0 spiro atoms. The van der Waals surface area contributed by atoms with Crippen molar-refractivity contribution in [1.82, 2.24) is 0 Å². The van der Waals surface area contributed by atoms with Gasteiger partial charge in [-0.1, -0.05) is 0 Å². The molecule has 0 heterocycles. The van der Waals surface area contributed by atoms with Crippen LogP contribution >= 0.6 is 0 Å². The minimum atomic E-state index is -0.566. The van der Waals surface area contributed by atoms with Gasteiger partial charge < -0.3 is 15.2 Å². The number of aliphatic hydroxyl groups is 1. The van der Waals surface area contributed by atoms with Gasteiger partial charge in [0, 0.05) is 19.2 Å².